The van der Waals surface area contributed by atoms with Crippen molar-refractivity contribution in [1.29, 1.82) is 0 Å². The molecule has 2 aromatic carbocycles. The summed E-state index contributed by atoms with van der Waals surface area (Å²) in [6, 6.07) is 13.1. The molecule has 264 valence electrons. The highest BCUT2D eigenvalue weighted by Crippen LogP contribution is 2.36. The van der Waals surface area contributed by atoms with E-state index in [1.165, 1.54) is 19.3 Å². The highest BCUT2D eigenvalue weighted by atomic mass is 16.5. The molecule has 2 aliphatic heterocycles. The standard InChI is InChI=1S/C37H45N7O6/c1-22(2)16-28-21-50-29-12-10-26(11-13-29)18-30(42-33(46)27-19-38-24(4)39-20-27)34(47)40-23(3)32(45)44-37(14-15-37)36(49)43-31(35(48)41-28)17-25-8-6-5-7-9-25/h5-13,19-20,22-23,28,30-31H,14-18,21H2,1-4H3,(H,40,47)(H,41,48)(H,42,46)(H,43,49)(H,44,45)/t23-,28+,30+,31-/m1/s1. The summed E-state index contributed by atoms with van der Waals surface area (Å²) in [4.78, 5) is 75.8. The molecule has 4 atom stereocenters. The number of rotatable bonds is 6. The normalized spacial score (nSPS) is 22.8. The molecule has 1 aliphatic carbocycles. The van der Waals surface area contributed by atoms with Crippen LogP contribution in [0.2, 0.25) is 0 Å². The first kappa shape index (κ1) is 36.0. The second-order valence-corrected chi connectivity index (χ2v) is 13.6. The Morgan fingerprint density at radius 2 is 1.60 bits per heavy atom. The van der Waals surface area contributed by atoms with E-state index in [0.717, 1.165) is 11.1 Å². The third-order valence-electron chi connectivity index (χ3n) is 8.79. The van der Waals surface area contributed by atoms with Crippen molar-refractivity contribution >= 4 is 29.5 Å². The summed E-state index contributed by atoms with van der Waals surface area (Å²) in [7, 11) is 0. The number of nitrogens with zero attached hydrogens (tertiary/aromatic N) is 2. The molecule has 6 rings (SSSR count). The Bertz CT molecular complexity index is 1680. The fourth-order valence-corrected chi connectivity index (χ4v) is 5.77. The zero-order valence-corrected chi connectivity index (χ0v) is 28.8. The molecule has 3 aliphatic rings. The Hall–Kier alpha value is -5.33. The van der Waals surface area contributed by atoms with Crippen LogP contribution in [0.1, 0.15) is 67.3 Å². The van der Waals surface area contributed by atoms with E-state index >= 15 is 0 Å². The van der Waals surface area contributed by atoms with E-state index in [9.17, 15) is 24.0 Å². The highest BCUT2D eigenvalue weighted by molar-refractivity contribution is 6.00. The number of benzene rings is 2. The fraction of sp³-hybridized carbons (Fsp3) is 0.432. The van der Waals surface area contributed by atoms with Crippen molar-refractivity contribution in [2.24, 2.45) is 5.92 Å². The first-order valence-electron chi connectivity index (χ1n) is 17.0. The highest BCUT2D eigenvalue weighted by Gasteiger charge is 2.52. The van der Waals surface area contributed by atoms with Gasteiger partial charge in [0.15, 0.2) is 0 Å². The lowest BCUT2D eigenvalue weighted by Gasteiger charge is -2.27. The molecule has 0 radical (unpaired) electrons. The summed E-state index contributed by atoms with van der Waals surface area (Å²) in [6.45, 7) is 7.50. The van der Waals surface area contributed by atoms with Crippen LogP contribution in [0.3, 0.4) is 0 Å². The lowest BCUT2D eigenvalue weighted by molar-refractivity contribution is -0.134. The molecule has 5 amide bonds. The van der Waals surface area contributed by atoms with E-state index in [1.807, 2.05) is 30.3 Å². The van der Waals surface area contributed by atoms with Crippen LogP contribution < -0.4 is 31.3 Å². The number of carbonyl (C=O) groups excluding carboxylic acids is 5. The molecule has 3 heterocycles. The van der Waals surface area contributed by atoms with E-state index in [1.54, 1.807) is 31.2 Å². The van der Waals surface area contributed by atoms with E-state index in [4.69, 9.17) is 4.74 Å². The van der Waals surface area contributed by atoms with Gasteiger partial charge in [-0.2, -0.15) is 0 Å². The van der Waals surface area contributed by atoms with Crippen molar-refractivity contribution in [2.45, 2.75) is 89.5 Å². The molecule has 3 aromatic rings. The van der Waals surface area contributed by atoms with E-state index < -0.39 is 47.3 Å². The number of fused-ring (bicyclic) bond motifs is 15. The van der Waals surface area contributed by atoms with Crippen LogP contribution in [-0.4, -0.2) is 75.8 Å². The maximum absolute atomic E-state index is 13.8. The maximum atomic E-state index is 13.8. The Morgan fingerprint density at radius 1 is 0.920 bits per heavy atom. The van der Waals surface area contributed by atoms with Gasteiger partial charge in [-0.05, 0) is 62.3 Å². The molecule has 5 N–H and O–H groups in total. The van der Waals surface area contributed by atoms with Crippen molar-refractivity contribution in [3.63, 3.8) is 0 Å². The van der Waals surface area contributed by atoms with Gasteiger partial charge in [-0.1, -0.05) is 56.3 Å². The summed E-state index contributed by atoms with van der Waals surface area (Å²) >= 11 is 0. The summed E-state index contributed by atoms with van der Waals surface area (Å²) in [5.74, 6) is -1.23. The molecular formula is C37H45N7O6. The van der Waals surface area contributed by atoms with E-state index in [-0.39, 0.29) is 42.9 Å². The van der Waals surface area contributed by atoms with Gasteiger partial charge in [0.2, 0.25) is 23.6 Å². The zero-order valence-electron chi connectivity index (χ0n) is 28.8. The summed E-state index contributed by atoms with van der Waals surface area (Å²) in [6.07, 6.45) is 4.50. The Morgan fingerprint density at radius 3 is 2.24 bits per heavy atom. The minimum Gasteiger partial charge on any atom is -0.491 e. The molecule has 1 aromatic heterocycles. The summed E-state index contributed by atoms with van der Waals surface area (Å²) in [5.41, 5.74) is 0.557. The predicted octanol–water partition coefficient (Wildman–Crippen LogP) is 1.93. The first-order chi connectivity index (χ1) is 23.9. The van der Waals surface area contributed by atoms with Crippen LogP contribution in [-0.2, 0) is 32.0 Å². The summed E-state index contributed by atoms with van der Waals surface area (Å²) < 4.78 is 6.11. The molecule has 0 unspecified atom stereocenters. The van der Waals surface area contributed by atoms with Gasteiger partial charge in [0.1, 0.15) is 41.8 Å². The zero-order chi connectivity index (χ0) is 35.8. The molecule has 0 saturated heterocycles. The van der Waals surface area contributed by atoms with E-state index in [0.29, 0.717) is 30.8 Å². The summed E-state index contributed by atoms with van der Waals surface area (Å²) in [5, 5.41) is 14.2. The van der Waals surface area contributed by atoms with Gasteiger partial charge in [0, 0.05) is 25.2 Å². The molecule has 1 spiro atoms. The average molecular weight is 684 g/mol. The minimum absolute atomic E-state index is 0.111. The molecule has 2 bridgehead atoms. The van der Waals surface area contributed by atoms with Gasteiger partial charge in [-0.15, -0.1) is 0 Å². The Balaban J connectivity index is 1.42. The number of nitrogens with one attached hydrogen (secondary N) is 5. The van der Waals surface area contributed by atoms with Crippen molar-refractivity contribution in [3.05, 3.63) is 89.5 Å². The number of amides is 5. The number of carbonyl (C=O) groups is 5. The largest absolute Gasteiger partial charge is 0.491 e. The van der Waals surface area contributed by atoms with Crippen molar-refractivity contribution in [2.75, 3.05) is 6.61 Å². The molecule has 50 heavy (non-hydrogen) atoms. The number of ether oxygens (including phenoxy) is 1. The van der Waals surface area contributed by atoms with Crippen LogP contribution in [0.4, 0.5) is 0 Å². The Labute approximate surface area is 291 Å². The minimum atomic E-state index is -1.22. The van der Waals surface area contributed by atoms with Crippen molar-refractivity contribution in [3.8, 4) is 5.75 Å². The number of hydrogen-bond donors (Lipinski definition) is 5. The van der Waals surface area contributed by atoms with Crippen LogP contribution in [0.25, 0.3) is 0 Å². The number of aromatic nitrogens is 2. The molecule has 13 heteroatoms. The van der Waals surface area contributed by atoms with Gasteiger partial charge >= 0.3 is 0 Å². The quantitative estimate of drug-likeness (QED) is 0.245. The van der Waals surface area contributed by atoms with Gasteiger partial charge in [0.25, 0.3) is 5.91 Å². The Kier molecular flexibility index (Phi) is 11.5. The first-order valence-corrected chi connectivity index (χ1v) is 17.0. The SMILES string of the molecule is Cc1ncc(C(=O)N[C@H]2Cc3ccc(cc3)OC[C@H](CC(C)C)NC(=O)[C@@H](Cc3ccccc3)NC(=O)C3(CC3)NC(=O)[C@@H](C)NC2=O)cn1. The molecular weight excluding hydrogens is 638 g/mol. The van der Waals surface area contributed by atoms with Gasteiger partial charge in [-0.3, -0.25) is 24.0 Å². The maximum Gasteiger partial charge on any atom is 0.255 e. The predicted molar refractivity (Wildman–Crippen MR) is 185 cm³/mol. The van der Waals surface area contributed by atoms with Crippen LogP contribution in [0, 0.1) is 12.8 Å². The topological polar surface area (TPSA) is 181 Å². The molecule has 1 fully saturated rings. The second-order valence-electron chi connectivity index (χ2n) is 13.6. The van der Waals surface area contributed by atoms with Gasteiger partial charge < -0.3 is 31.3 Å². The van der Waals surface area contributed by atoms with Gasteiger partial charge in [-0.25, -0.2) is 9.97 Å². The second kappa shape index (κ2) is 15.9. The van der Waals surface area contributed by atoms with Crippen molar-refractivity contribution in [1.82, 2.24) is 36.6 Å². The van der Waals surface area contributed by atoms with Crippen LogP contribution in [0.15, 0.2) is 67.0 Å². The lowest BCUT2D eigenvalue weighted by Crippen LogP contribution is -2.59. The third-order valence-corrected chi connectivity index (χ3v) is 8.79. The van der Waals surface area contributed by atoms with Crippen LogP contribution in [0.5, 0.6) is 5.75 Å². The average Bonchev–Trinajstić information content (AvgIpc) is 3.87. The van der Waals surface area contributed by atoms with Crippen LogP contribution >= 0.6 is 0 Å². The third kappa shape index (κ3) is 9.64. The monoisotopic (exact) mass is 683 g/mol. The molecule has 1 saturated carbocycles. The van der Waals surface area contributed by atoms with Crippen molar-refractivity contribution < 1.29 is 28.7 Å². The molecule has 13 nitrogen and oxygen atoms in total. The van der Waals surface area contributed by atoms with E-state index in [2.05, 4.69) is 50.4 Å². The lowest BCUT2D eigenvalue weighted by atomic mass is 10.0. The number of aryl methyl sites for hydroxylation is 1. The fourth-order valence-electron chi connectivity index (χ4n) is 5.77. The van der Waals surface area contributed by atoms with Gasteiger partial charge in [0.05, 0.1) is 11.6 Å². The smallest absolute Gasteiger partial charge is 0.255 e. The number of hydrogen-bond acceptors (Lipinski definition) is 8.